The van der Waals surface area contributed by atoms with Gasteiger partial charge in [0.1, 0.15) is 5.25 Å². The number of nitrogens with one attached hydrogen (secondary N) is 2. The highest BCUT2D eigenvalue weighted by Gasteiger charge is 2.24. The lowest BCUT2D eigenvalue weighted by molar-refractivity contribution is -0.119. The molecule has 3 amide bonds. The van der Waals surface area contributed by atoms with Crippen LogP contribution < -0.4 is 10.6 Å². The number of carbonyl (C=O) groups excluding carboxylic acids is 2. The van der Waals surface area contributed by atoms with Gasteiger partial charge in [0, 0.05) is 12.4 Å². The van der Waals surface area contributed by atoms with Crippen LogP contribution in [0.15, 0.2) is 65.7 Å². The number of amides is 3. The van der Waals surface area contributed by atoms with Gasteiger partial charge >= 0.3 is 6.03 Å². The molecule has 3 rings (SSSR count). The van der Waals surface area contributed by atoms with Crippen LogP contribution in [0, 0.1) is 6.92 Å². The van der Waals surface area contributed by atoms with Gasteiger partial charge in [0.2, 0.25) is 5.91 Å². The zero-order valence-electron chi connectivity index (χ0n) is 14.5. The molecule has 1 heterocycles. The van der Waals surface area contributed by atoms with Crippen LogP contribution in [0.2, 0.25) is 0 Å². The SMILES string of the molecule is CNC(=O)NC(=O)[C@H](Sc1cc(C)c2ccccc2n1)c1ccccc1. The lowest BCUT2D eigenvalue weighted by Gasteiger charge is -2.16. The van der Waals surface area contributed by atoms with Crippen LogP contribution in [-0.2, 0) is 4.79 Å². The van der Waals surface area contributed by atoms with E-state index in [4.69, 9.17) is 0 Å². The highest BCUT2D eigenvalue weighted by molar-refractivity contribution is 8.00. The summed E-state index contributed by atoms with van der Waals surface area (Å²) in [5.41, 5.74) is 2.79. The largest absolute Gasteiger partial charge is 0.341 e. The van der Waals surface area contributed by atoms with E-state index in [2.05, 4.69) is 15.6 Å². The van der Waals surface area contributed by atoms with Crippen molar-refractivity contribution in [3.8, 4) is 0 Å². The predicted octanol–water partition coefficient (Wildman–Crippen LogP) is 3.83. The van der Waals surface area contributed by atoms with Crippen LogP contribution in [0.25, 0.3) is 10.9 Å². The van der Waals surface area contributed by atoms with E-state index in [0.29, 0.717) is 0 Å². The second-order valence-corrected chi connectivity index (χ2v) is 6.90. The molecule has 2 aromatic carbocycles. The molecule has 0 bridgehead atoms. The lowest BCUT2D eigenvalue weighted by Crippen LogP contribution is -2.39. The Hall–Kier alpha value is -2.86. The number of thioether (sulfide) groups is 1. The van der Waals surface area contributed by atoms with Gasteiger partial charge in [-0.3, -0.25) is 10.1 Å². The maximum Gasteiger partial charge on any atom is 0.321 e. The standard InChI is InChI=1S/C20H19N3O2S/c1-13-12-17(22-16-11-7-6-10-15(13)16)26-18(14-8-4-3-5-9-14)19(24)23-20(25)21-2/h3-12,18H,1-2H3,(H2,21,23,24,25)/t18-/m1/s1. The second-order valence-electron chi connectivity index (χ2n) is 5.77. The van der Waals surface area contributed by atoms with E-state index in [9.17, 15) is 9.59 Å². The molecule has 2 N–H and O–H groups in total. The molecule has 0 aliphatic heterocycles. The third-order valence-electron chi connectivity index (χ3n) is 3.94. The monoisotopic (exact) mass is 365 g/mol. The predicted molar refractivity (Wildman–Crippen MR) is 104 cm³/mol. The van der Waals surface area contributed by atoms with E-state index in [-0.39, 0.29) is 5.91 Å². The Morgan fingerprint density at radius 2 is 1.73 bits per heavy atom. The van der Waals surface area contributed by atoms with Crippen LogP contribution in [0.4, 0.5) is 4.79 Å². The average molecular weight is 365 g/mol. The molecular formula is C20H19N3O2S. The van der Waals surface area contributed by atoms with E-state index in [0.717, 1.165) is 27.1 Å². The molecule has 1 aromatic heterocycles. The molecule has 6 heteroatoms. The van der Waals surface area contributed by atoms with Crippen LogP contribution in [0.3, 0.4) is 0 Å². The number of aryl methyl sites for hydroxylation is 1. The van der Waals surface area contributed by atoms with Crippen molar-refractivity contribution in [1.29, 1.82) is 0 Å². The van der Waals surface area contributed by atoms with Crippen molar-refractivity contribution in [1.82, 2.24) is 15.6 Å². The minimum absolute atomic E-state index is 0.381. The zero-order chi connectivity index (χ0) is 18.5. The van der Waals surface area contributed by atoms with Crippen LogP contribution >= 0.6 is 11.8 Å². The number of fused-ring (bicyclic) bond motifs is 1. The van der Waals surface area contributed by atoms with E-state index in [1.54, 1.807) is 0 Å². The molecule has 26 heavy (non-hydrogen) atoms. The van der Waals surface area contributed by atoms with Crippen molar-refractivity contribution >= 4 is 34.6 Å². The van der Waals surface area contributed by atoms with Crippen molar-refractivity contribution < 1.29 is 9.59 Å². The summed E-state index contributed by atoms with van der Waals surface area (Å²) in [7, 11) is 1.47. The quantitative estimate of drug-likeness (QED) is 0.689. The molecule has 1 atom stereocenters. The van der Waals surface area contributed by atoms with E-state index in [1.165, 1.54) is 18.8 Å². The molecule has 0 saturated heterocycles. The fraction of sp³-hybridized carbons (Fsp3) is 0.150. The molecule has 3 aromatic rings. The second kappa shape index (κ2) is 8.01. The van der Waals surface area contributed by atoms with Crippen LogP contribution in [-0.4, -0.2) is 24.0 Å². The fourth-order valence-electron chi connectivity index (χ4n) is 2.64. The summed E-state index contributed by atoms with van der Waals surface area (Å²) in [6, 6.07) is 18.7. The molecule has 0 radical (unpaired) electrons. The maximum atomic E-state index is 12.6. The smallest absolute Gasteiger partial charge is 0.321 e. The number of hydrogen-bond donors (Lipinski definition) is 2. The third kappa shape index (κ3) is 4.03. The average Bonchev–Trinajstić information content (AvgIpc) is 2.66. The van der Waals surface area contributed by atoms with Gasteiger partial charge in [-0.15, -0.1) is 0 Å². The first kappa shape index (κ1) is 17.9. The summed E-state index contributed by atoms with van der Waals surface area (Å²) in [5.74, 6) is -0.381. The summed E-state index contributed by atoms with van der Waals surface area (Å²) in [5, 5.41) is 6.01. The Morgan fingerprint density at radius 3 is 2.46 bits per heavy atom. The summed E-state index contributed by atoms with van der Waals surface area (Å²) >= 11 is 1.33. The molecule has 0 aliphatic rings. The molecule has 132 valence electrons. The summed E-state index contributed by atoms with van der Waals surface area (Å²) < 4.78 is 0. The van der Waals surface area contributed by atoms with Crippen molar-refractivity contribution in [3.05, 3.63) is 71.8 Å². The van der Waals surface area contributed by atoms with Gasteiger partial charge < -0.3 is 5.32 Å². The normalized spacial score (nSPS) is 11.8. The topological polar surface area (TPSA) is 71.1 Å². The van der Waals surface area contributed by atoms with Crippen LogP contribution in [0.1, 0.15) is 16.4 Å². The van der Waals surface area contributed by atoms with E-state index in [1.807, 2.05) is 67.6 Å². The van der Waals surface area contributed by atoms with E-state index < -0.39 is 11.3 Å². The number of hydrogen-bond acceptors (Lipinski definition) is 4. The minimum Gasteiger partial charge on any atom is -0.341 e. The molecule has 0 fully saturated rings. The number of benzene rings is 2. The first-order valence-electron chi connectivity index (χ1n) is 8.19. The summed E-state index contributed by atoms with van der Waals surface area (Å²) in [4.78, 5) is 28.9. The van der Waals surface area contributed by atoms with Gasteiger partial charge in [0.05, 0.1) is 10.5 Å². The molecule has 0 aliphatic carbocycles. The summed E-state index contributed by atoms with van der Waals surface area (Å²) in [6.07, 6.45) is 0. The molecule has 0 saturated carbocycles. The fourth-order valence-corrected chi connectivity index (χ4v) is 3.74. The van der Waals surface area contributed by atoms with Gasteiger partial charge in [-0.05, 0) is 30.2 Å². The number of carbonyl (C=O) groups is 2. The Kier molecular flexibility index (Phi) is 5.53. The Morgan fingerprint density at radius 1 is 1.04 bits per heavy atom. The van der Waals surface area contributed by atoms with Gasteiger partial charge in [-0.2, -0.15) is 0 Å². The van der Waals surface area contributed by atoms with Crippen molar-refractivity contribution in [2.45, 2.75) is 17.2 Å². The highest BCUT2D eigenvalue weighted by atomic mass is 32.2. The number of imide groups is 1. The van der Waals surface area contributed by atoms with Crippen molar-refractivity contribution in [3.63, 3.8) is 0 Å². The Bertz CT molecular complexity index is 944. The first-order chi connectivity index (χ1) is 12.6. The number of rotatable bonds is 4. The van der Waals surface area contributed by atoms with Gasteiger partial charge in [-0.1, -0.05) is 60.3 Å². The van der Waals surface area contributed by atoms with E-state index >= 15 is 0 Å². The van der Waals surface area contributed by atoms with Gasteiger partial charge in [0.25, 0.3) is 0 Å². The highest BCUT2D eigenvalue weighted by Crippen LogP contribution is 2.36. The Balaban J connectivity index is 1.95. The zero-order valence-corrected chi connectivity index (χ0v) is 15.3. The first-order valence-corrected chi connectivity index (χ1v) is 9.07. The number of nitrogens with zero attached hydrogens (tertiary/aromatic N) is 1. The third-order valence-corrected chi connectivity index (χ3v) is 5.11. The maximum absolute atomic E-state index is 12.6. The van der Waals surface area contributed by atoms with Gasteiger partial charge in [0.15, 0.2) is 0 Å². The minimum atomic E-state index is -0.582. The van der Waals surface area contributed by atoms with Gasteiger partial charge in [-0.25, -0.2) is 9.78 Å². The summed E-state index contributed by atoms with van der Waals surface area (Å²) in [6.45, 7) is 2.02. The molecule has 5 nitrogen and oxygen atoms in total. The number of pyridine rings is 1. The molecule has 0 unspecified atom stereocenters. The number of aromatic nitrogens is 1. The number of urea groups is 1. The molecule has 0 spiro atoms. The van der Waals surface area contributed by atoms with Crippen LogP contribution in [0.5, 0.6) is 0 Å². The number of para-hydroxylation sites is 1. The van der Waals surface area contributed by atoms with Crippen molar-refractivity contribution in [2.75, 3.05) is 7.05 Å². The Labute approximate surface area is 156 Å². The lowest BCUT2D eigenvalue weighted by atomic mass is 10.1. The van der Waals surface area contributed by atoms with Crippen molar-refractivity contribution in [2.24, 2.45) is 0 Å². The molecular weight excluding hydrogens is 346 g/mol.